The van der Waals surface area contributed by atoms with Crippen molar-refractivity contribution in [3.8, 4) is 0 Å². The molecule has 0 atom stereocenters. The average Bonchev–Trinajstić information content (AvgIpc) is 2.49. The first-order valence-corrected chi connectivity index (χ1v) is 6.47. The zero-order valence-corrected chi connectivity index (χ0v) is 11.7. The molecule has 0 fully saturated rings. The first-order chi connectivity index (χ1) is 10.1. The van der Waals surface area contributed by atoms with Gasteiger partial charge in [0.15, 0.2) is 0 Å². The van der Waals surface area contributed by atoms with Gasteiger partial charge in [0, 0.05) is 36.6 Å². The molecule has 1 aromatic heterocycles. The van der Waals surface area contributed by atoms with E-state index in [-0.39, 0.29) is 5.82 Å². The molecule has 1 heterocycles. The average molecular weight is 288 g/mol. The van der Waals surface area contributed by atoms with Gasteiger partial charge in [-0.25, -0.2) is 10.2 Å². The molecule has 0 aliphatic rings. The van der Waals surface area contributed by atoms with Gasteiger partial charge in [-0.1, -0.05) is 6.07 Å². The van der Waals surface area contributed by atoms with Crippen LogP contribution in [-0.2, 0) is 13.1 Å². The number of nitrogens with two attached hydrogens (primary N) is 1. The molecular weight excluding hydrogens is 271 g/mol. The molecule has 21 heavy (non-hydrogen) atoms. The van der Waals surface area contributed by atoms with Gasteiger partial charge in [-0.05, 0) is 36.9 Å². The molecule has 5 nitrogen and oxygen atoms in total. The van der Waals surface area contributed by atoms with E-state index in [1.165, 1.54) is 18.2 Å². The van der Waals surface area contributed by atoms with Crippen molar-refractivity contribution in [3.05, 3.63) is 65.2 Å². The van der Waals surface area contributed by atoms with Crippen LogP contribution in [-0.4, -0.2) is 22.8 Å². The molecule has 3 N–H and O–H groups in total. The summed E-state index contributed by atoms with van der Waals surface area (Å²) in [7, 11) is 1.88. The minimum Gasteiger partial charge on any atom is -0.298 e. The van der Waals surface area contributed by atoms with Crippen molar-refractivity contribution in [3.63, 3.8) is 0 Å². The lowest BCUT2D eigenvalue weighted by atomic mass is 10.1. The fraction of sp³-hybridized carbons (Fsp3) is 0.200. The zero-order chi connectivity index (χ0) is 15.2. The van der Waals surface area contributed by atoms with Crippen LogP contribution in [0.1, 0.15) is 21.5 Å². The van der Waals surface area contributed by atoms with Crippen LogP contribution in [0.25, 0.3) is 0 Å². The number of nitrogens with one attached hydrogen (secondary N) is 1. The highest BCUT2D eigenvalue weighted by atomic mass is 19.1. The minimum absolute atomic E-state index is 0.337. The Balaban J connectivity index is 2.09. The van der Waals surface area contributed by atoms with Gasteiger partial charge in [0.2, 0.25) is 0 Å². The third kappa shape index (κ3) is 4.08. The van der Waals surface area contributed by atoms with Crippen LogP contribution >= 0.6 is 0 Å². The maximum absolute atomic E-state index is 13.8. The number of nitrogen functional groups attached to an aromatic ring is 1. The van der Waals surface area contributed by atoms with Crippen LogP contribution in [0.5, 0.6) is 0 Å². The fourth-order valence-corrected chi connectivity index (χ4v) is 2.07. The van der Waals surface area contributed by atoms with Gasteiger partial charge < -0.3 is 0 Å². The van der Waals surface area contributed by atoms with Crippen molar-refractivity contribution >= 4 is 5.91 Å². The van der Waals surface area contributed by atoms with Gasteiger partial charge in [-0.15, -0.1) is 0 Å². The van der Waals surface area contributed by atoms with Gasteiger partial charge in [0.05, 0.1) is 0 Å². The second-order valence-corrected chi connectivity index (χ2v) is 4.81. The third-order valence-corrected chi connectivity index (χ3v) is 3.05. The molecule has 0 bridgehead atoms. The van der Waals surface area contributed by atoms with E-state index in [0.29, 0.717) is 24.2 Å². The molecule has 0 radical (unpaired) electrons. The molecule has 0 aliphatic heterocycles. The Morgan fingerprint density at radius 3 is 2.86 bits per heavy atom. The van der Waals surface area contributed by atoms with E-state index < -0.39 is 5.91 Å². The highest BCUT2D eigenvalue weighted by Crippen LogP contribution is 2.14. The predicted octanol–water partition coefficient (Wildman–Crippen LogP) is 1.46. The van der Waals surface area contributed by atoms with Crippen molar-refractivity contribution < 1.29 is 9.18 Å². The van der Waals surface area contributed by atoms with Gasteiger partial charge in [-0.2, -0.15) is 0 Å². The van der Waals surface area contributed by atoms with Crippen LogP contribution in [0.4, 0.5) is 4.39 Å². The number of hydrogen-bond acceptors (Lipinski definition) is 4. The molecule has 0 unspecified atom stereocenters. The summed E-state index contributed by atoms with van der Waals surface area (Å²) in [4.78, 5) is 17.5. The van der Waals surface area contributed by atoms with Gasteiger partial charge >= 0.3 is 0 Å². The summed E-state index contributed by atoms with van der Waals surface area (Å²) in [6, 6.07) is 8.01. The van der Waals surface area contributed by atoms with E-state index in [1.54, 1.807) is 12.4 Å². The second kappa shape index (κ2) is 6.92. The Labute approximate surface area is 122 Å². The number of pyridine rings is 1. The molecule has 2 aromatic rings. The van der Waals surface area contributed by atoms with Crippen LogP contribution in [0, 0.1) is 5.82 Å². The zero-order valence-electron chi connectivity index (χ0n) is 11.7. The normalized spacial score (nSPS) is 10.7. The summed E-state index contributed by atoms with van der Waals surface area (Å²) in [6.07, 6.45) is 3.48. The Hall–Kier alpha value is -2.31. The van der Waals surface area contributed by atoms with Gasteiger partial charge in [-0.3, -0.25) is 20.1 Å². The number of aromatic nitrogens is 1. The maximum Gasteiger partial charge on any atom is 0.265 e. The lowest BCUT2D eigenvalue weighted by molar-refractivity contribution is 0.0953. The Morgan fingerprint density at radius 2 is 2.19 bits per heavy atom. The van der Waals surface area contributed by atoms with E-state index in [9.17, 15) is 9.18 Å². The lowest BCUT2D eigenvalue weighted by Gasteiger charge is -2.17. The first kappa shape index (κ1) is 15.1. The van der Waals surface area contributed by atoms with E-state index >= 15 is 0 Å². The predicted molar refractivity (Wildman–Crippen MR) is 77.5 cm³/mol. The van der Waals surface area contributed by atoms with Crippen LogP contribution < -0.4 is 11.3 Å². The Bertz CT molecular complexity index is 618. The van der Waals surface area contributed by atoms with Gasteiger partial charge in [0.1, 0.15) is 5.82 Å². The van der Waals surface area contributed by atoms with Crippen LogP contribution in [0.3, 0.4) is 0 Å². The molecule has 1 amide bonds. The second-order valence-electron chi connectivity index (χ2n) is 4.81. The van der Waals surface area contributed by atoms with Crippen molar-refractivity contribution in [2.75, 3.05) is 7.05 Å². The number of nitrogens with zero attached hydrogens (tertiary/aromatic N) is 2. The summed E-state index contributed by atoms with van der Waals surface area (Å²) in [5.41, 5.74) is 3.86. The summed E-state index contributed by atoms with van der Waals surface area (Å²) in [5.74, 6) is 4.30. The monoisotopic (exact) mass is 288 g/mol. The summed E-state index contributed by atoms with van der Waals surface area (Å²) < 4.78 is 13.8. The molecular formula is C15H17FN4O. The highest BCUT2D eigenvalue weighted by molar-refractivity contribution is 5.93. The van der Waals surface area contributed by atoms with E-state index in [4.69, 9.17) is 5.84 Å². The van der Waals surface area contributed by atoms with Crippen molar-refractivity contribution in [2.24, 2.45) is 5.84 Å². The summed E-state index contributed by atoms with van der Waals surface area (Å²) in [5, 5.41) is 0. The minimum atomic E-state index is -0.439. The molecule has 6 heteroatoms. The molecule has 0 aliphatic carbocycles. The number of benzene rings is 1. The third-order valence-electron chi connectivity index (χ3n) is 3.05. The Kier molecular flexibility index (Phi) is 4.97. The van der Waals surface area contributed by atoms with Crippen molar-refractivity contribution in [2.45, 2.75) is 13.1 Å². The molecule has 2 rings (SSSR count). The maximum atomic E-state index is 13.8. The smallest absolute Gasteiger partial charge is 0.265 e. The van der Waals surface area contributed by atoms with Crippen LogP contribution in [0.2, 0.25) is 0 Å². The Morgan fingerprint density at radius 1 is 1.38 bits per heavy atom. The lowest BCUT2D eigenvalue weighted by Crippen LogP contribution is -2.30. The van der Waals surface area contributed by atoms with Crippen molar-refractivity contribution in [1.82, 2.24) is 15.3 Å². The van der Waals surface area contributed by atoms with E-state index in [2.05, 4.69) is 4.98 Å². The molecule has 0 saturated heterocycles. The van der Waals surface area contributed by atoms with Crippen molar-refractivity contribution in [1.29, 1.82) is 0 Å². The number of hydrogen-bond donors (Lipinski definition) is 2. The number of hydrazine groups is 1. The number of carbonyl (C=O) groups is 1. The quantitative estimate of drug-likeness (QED) is 0.496. The molecule has 110 valence electrons. The topological polar surface area (TPSA) is 71.2 Å². The van der Waals surface area contributed by atoms with Crippen LogP contribution in [0.15, 0.2) is 42.7 Å². The fourth-order valence-electron chi connectivity index (χ4n) is 2.07. The molecule has 0 saturated carbocycles. The van der Waals surface area contributed by atoms with E-state index in [0.717, 1.165) is 5.56 Å². The number of carbonyl (C=O) groups excluding carboxylic acids is 1. The van der Waals surface area contributed by atoms with Gasteiger partial charge in [0.25, 0.3) is 5.91 Å². The largest absolute Gasteiger partial charge is 0.298 e. The summed E-state index contributed by atoms with van der Waals surface area (Å²) >= 11 is 0. The van der Waals surface area contributed by atoms with E-state index in [1.807, 2.05) is 29.5 Å². The summed E-state index contributed by atoms with van der Waals surface area (Å²) in [6.45, 7) is 1.02. The first-order valence-electron chi connectivity index (χ1n) is 6.47. The number of amides is 1. The number of halogens is 1. The highest BCUT2D eigenvalue weighted by Gasteiger charge is 2.11. The SMILES string of the molecule is CN(Cc1cccnc1)Cc1cc(C(=O)NN)ccc1F. The molecule has 0 spiro atoms. The molecule has 1 aromatic carbocycles. The standard InChI is InChI=1S/C15H17FN4O/c1-20(9-11-3-2-6-18-8-11)10-13-7-12(15(21)19-17)4-5-14(13)16/h2-8H,9-10,17H2,1H3,(H,19,21). The number of rotatable bonds is 5.